The first kappa shape index (κ1) is 19.1. The van der Waals surface area contributed by atoms with Crippen molar-refractivity contribution in [2.24, 2.45) is 5.92 Å². The van der Waals surface area contributed by atoms with E-state index in [0.29, 0.717) is 18.8 Å². The summed E-state index contributed by atoms with van der Waals surface area (Å²) in [5.41, 5.74) is 3.22. The number of carbonyl (C=O) groups excluding carboxylic acids is 2. The van der Waals surface area contributed by atoms with Crippen LogP contribution in [0.3, 0.4) is 0 Å². The summed E-state index contributed by atoms with van der Waals surface area (Å²) >= 11 is 3.49. The van der Waals surface area contributed by atoms with Gasteiger partial charge in [-0.05, 0) is 43.5 Å². The monoisotopic (exact) mass is 446 g/mol. The SMILES string of the molecule is COC(=O)C1CN([C@H]2CCCn3nc(C(=O)Nc4cccc(Br)c4C)cc32)C1. The first-order valence-corrected chi connectivity index (χ1v) is 10.2. The molecule has 7 nitrogen and oxygen atoms in total. The Morgan fingerprint density at radius 2 is 2.11 bits per heavy atom. The molecule has 1 aromatic carbocycles. The highest BCUT2D eigenvalue weighted by atomic mass is 79.9. The van der Waals surface area contributed by atoms with E-state index in [1.54, 1.807) is 0 Å². The van der Waals surface area contributed by atoms with Gasteiger partial charge in [-0.1, -0.05) is 22.0 Å². The van der Waals surface area contributed by atoms with E-state index in [4.69, 9.17) is 4.74 Å². The molecule has 2 aliphatic heterocycles. The molecule has 0 unspecified atom stereocenters. The van der Waals surface area contributed by atoms with E-state index >= 15 is 0 Å². The van der Waals surface area contributed by atoms with Gasteiger partial charge in [-0.25, -0.2) is 0 Å². The molecule has 0 spiro atoms. The maximum absolute atomic E-state index is 12.8. The number of methoxy groups -OCH3 is 1. The van der Waals surface area contributed by atoms with Crippen LogP contribution in [0.5, 0.6) is 0 Å². The van der Waals surface area contributed by atoms with Crippen LogP contribution in [-0.4, -0.2) is 46.8 Å². The largest absolute Gasteiger partial charge is 0.469 e. The lowest BCUT2D eigenvalue weighted by molar-refractivity contribution is -0.152. The Morgan fingerprint density at radius 3 is 2.86 bits per heavy atom. The molecule has 1 atom stereocenters. The zero-order chi connectivity index (χ0) is 19.8. The van der Waals surface area contributed by atoms with Crippen molar-refractivity contribution >= 4 is 33.5 Å². The second-order valence-corrected chi connectivity index (χ2v) is 8.23. The minimum atomic E-state index is -0.210. The summed E-state index contributed by atoms with van der Waals surface area (Å²) in [6.07, 6.45) is 2.01. The van der Waals surface area contributed by atoms with Crippen molar-refractivity contribution in [3.8, 4) is 0 Å². The third-order valence-electron chi connectivity index (χ3n) is 5.63. The van der Waals surface area contributed by atoms with E-state index in [1.807, 2.05) is 35.9 Å². The normalized spacial score (nSPS) is 19.6. The number of amides is 1. The predicted molar refractivity (Wildman–Crippen MR) is 108 cm³/mol. The minimum absolute atomic E-state index is 0.0504. The number of rotatable bonds is 4. The van der Waals surface area contributed by atoms with Crippen molar-refractivity contribution in [3.05, 3.63) is 45.7 Å². The molecular formula is C20H23BrN4O3. The lowest BCUT2D eigenvalue weighted by atomic mass is 9.93. The van der Waals surface area contributed by atoms with Gasteiger partial charge in [-0.2, -0.15) is 5.10 Å². The zero-order valence-corrected chi connectivity index (χ0v) is 17.5. The Balaban J connectivity index is 1.50. The van der Waals surface area contributed by atoms with Gasteiger partial charge in [-0.15, -0.1) is 0 Å². The Hall–Kier alpha value is -2.19. The molecule has 2 aromatic rings. The predicted octanol–water partition coefficient (Wildman–Crippen LogP) is 3.15. The number of aryl methyl sites for hydroxylation is 1. The smallest absolute Gasteiger partial charge is 0.311 e. The van der Waals surface area contributed by atoms with Crippen LogP contribution in [0.4, 0.5) is 5.69 Å². The number of carbonyl (C=O) groups is 2. The number of anilines is 1. The van der Waals surface area contributed by atoms with Crippen molar-refractivity contribution in [2.75, 3.05) is 25.5 Å². The molecular weight excluding hydrogens is 424 g/mol. The summed E-state index contributed by atoms with van der Waals surface area (Å²) in [4.78, 5) is 26.7. The fraction of sp³-hybridized carbons (Fsp3) is 0.450. The van der Waals surface area contributed by atoms with Gasteiger partial charge < -0.3 is 10.1 Å². The first-order chi connectivity index (χ1) is 13.5. The molecule has 0 saturated carbocycles. The summed E-state index contributed by atoms with van der Waals surface area (Å²) in [6.45, 7) is 4.15. The third kappa shape index (κ3) is 3.46. The molecule has 8 heteroatoms. The van der Waals surface area contributed by atoms with Crippen molar-refractivity contribution in [1.29, 1.82) is 0 Å². The minimum Gasteiger partial charge on any atom is -0.469 e. The van der Waals surface area contributed by atoms with Gasteiger partial charge in [-0.3, -0.25) is 19.2 Å². The standard InChI is InChI=1S/C20H23BrN4O3/c1-12-14(21)5-3-6-15(12)22-19(26)16-9-18-17(7-4-8-25(18)23-16)24-10-13(11-24)20(27)28-2/h3,5-6,9,13,17H,4,7-8,10-11H2,1-2H3,(H,22,26)/t17-/m0/s1. The van der Waals surface area contributed by atoms with Crippen molar-refractivity contribution < 1.29 is 14.3 Å². The Labute approximate surface area is 172 Å². The second kappa shape index (κ2) is 7.67. The molecule has 0 bridgehead atoms. The Kier molecular flexibility index (Phi) is 5.25. The fourth-order valence-corrected chi connectivity index (χ4v) is 4.32. The average Bonchev–Trinajstić information content (AvgIpc) is 3.09. The van der Waals surface area contributed by atoms with Gasteiger partial charge in [0.05, 0.1) is 24.8 Å². The summed E-state index contributed by atoms with van der Waals surface area (Å²) in [7, 11) is 1.43. The first-order valence-electron chi connectivity index (χ1n) is 9.44. The van der Waals surface area contributed by atoms with Crippen LogP contribution in [0, 0.1) is 12.8 Å². The molecule has 4 rings (SSSR count). The van der Waals surface area contributed by atoms with Crippen LogP contribution in [0.1, 0.15) is 40.6 Å². The average molecular weight is 447 g/mol. The van der Waals surface area contributed by atoms with E-state index in [-0.39, 0.29) is 23.8 Å². The molecule has 3 heterocycles. The molecule has 0 radical (unpaired) electrons. The van der Waals surface area contributed by atoms with Gasteiger partial charge in [0, 0.05) is 29.8 Å². The van der Waals surface area contributed by atoms with Crippen molar-refractivity contribution in [2.45, 2.75) is 32.4 Å². The Bertz CT molecular complexity index is 920. The number of nitrogens with one attached hydrogen (secondary N) is 1. The molecule has 1 N–H and O–H groups in total. The van der Waals surface area contributed by atoms with Crippen LogP contribution in [0.25, 0.3) is 0 Å². The molecule has 2 aliphatic rings. The van der Waals surface area contributed by atoms with Gasteiger partial charge in [0.15, 0.2) is 5.69 Å². The topological polar surface area (TPSA) is 76.5 Å². The summed E-state index contributed by atoms with van der Waals surface area (Å²) in [5, 5.41) is 7.49. The molecule has 28 heavy (non-hydrogen) atoms. The number of halogens is 1. The van der Waals surface area contributed by atoms with Crippen LogP contribution >= 0.6 is 15.9 Å². The lowest BCUT2D eigenvalue weighted by Gasteiger charge is -2.44. The van der Waals surface area contributed by atoms with Gasteiger partial charge in [0.25, 0.3) is 5.91 Å². The maximum atomic E-state index is 12.8. The summed E-state index contributed by atoms with van der Waals surface area (Å²) < 4.78 is 7.71. The Morgan fingerprint density at radius 1 is 1.32 bits per heavy atom. The number of aromatic nitrogens is 2. The number of likely N-dealkylation sites (tertiary alicyclic amines) is 1. The zero-order valence-electron chi connectivity index (χ0n) is 15.9. The van der Waals surface area contributed by atoms with E-state index in [0.717, 1.165) is 40.8 Å². The van der Waals surface area contributed by atoms with Gasteiger partial charge in [0.2, 0.25) is 0 Å². The number of hydrogen-bond acceptors (Lipinski definition) is 5. The molecule has 1 saturated heterocycles. The van der Waals surface area contributed by atoms with Crippen molar-refractivity contribution in [3.63, 3.8) is 0 Å². The van der Waals surface area contributed by atoms with E-state index in [1.165, 1.54) is 7.11 Å². The number of esters is 1. The second-order valence-electron chi connectivity index (χ2n) is 7.38. The maximum Gasteiger partial charge on any atom is 0.311 e. The highest BCUT2D eigenvalue weighted by molar-refractivity contribution is 9.10. The third-order valence-corrected chi connectivity index (χ3v) is 6.49. The number of ether oxygens (including phenoxy) is 1. The van der Waals surface area contributed by atoms with Crippen molar-refractivity contribution in [1.82, 2.24) is 14.7 Å². The van der Waals surface area contributed by atoms with E-state index in [9.17, 15) is 9.59 Å². The molecule has 1 aromatic heterocycles. The van der Waals surface area contributed by atoms with Gasteiger partial charge >= 0.3 is 5.97 Å². The molecule has 0 aliphatic carbocycles. The van der Waals surface area contributed by atoms with Crippen LogP contribution in [0.15, 0.2) is 28.7 Å². The van der Waals surface area contributed by atoms with Crippen LogP contribution < -0.4 is 5.32 Å². The number of nitrogens with zero attached hydrogens (tertiary/aromatic N) is 3. The van der Waals surface area contributed by atoms with Crippen LogP contribution in [-0.2, 0) is 16.1 Å². The highest BCUT2D eigenvalue weighted by Crippen LogP contribution is 2.36. The highest BCUT2D eigenvalue weighted by Gasteiger charge is 2.40. The van der Waals surface area contributed by atoms with Crippen LogP contribution in [0.2, 0.25) is 0 Å². The lowest BCUT2D eigenvalue weighted by Crippen LogP contribution is -2.52. The van der Waals surface area contributed by atoms with Gasteiger partial charge in [0.1, 0.15) is 0 Å². The van der Waals surface area contributed by atoms with E-state index < -0.39 is 0 Å². The summed E-state index contributed by atoms with van der Waals surface area (Å²) in [5.74, 6) is -0.409. The molecule has 148 valence electrons. The molecule has 1 fully saturated rings. The summed E-state index contributed by atoms with van der Waals surface area (Å²) in [6, 6.07) is 7.79. The number of benzene rings is 1. The number of hydrogen-bond donors (Lipinski definition) is 1. The number of fused-ring (bicyclic) bond motifs is 1. The van der Waals surface area contributed by atoms with E-state index in [2.05, 4.69) is 31.2 Å². The molecule has 1 amide bonds. The fourth-order valence-electron chi connectivity index (χ4n) is 3.95. The quantitative estimate of drug-likeness (QED) is 0.729.